The first-order chi connectivity index (χ1) is 7.95. The first-order valence-corrected chi connectivity index (χ1v) is 6.53. The third kappa shape index (κ3) is 2.33. The van der Waals surface area contributed by atoms with E-state index in [1.54, 1.807) is 12.1 Å². The standard InChI is InChI=1S/C13H17BrFNO/c1-13(2)11(16-3)7-12(13)17-10-6-8(14)4-5-9(10)15/h4-6,11-12,16H,7H2,1-3H3. The topological polar surface area (TPSA) is 21.3 Å². The smallest absolute Gasteiger partial charge is 0.165 e. The highest BCUT2D eigenvalue weighted by Crippen LogP contribution is 2.43. The average Bonchev–Trinajstić information content (AvgIpc) is 2.28. The fourth-order valence-electron chi connectivity index (χ4n) is 2.30. The van der Waals surface area contributed by atoms with Crippen molar-refractivity contribution >= 4 is 15.9 Å². The summed E-state index contributed by atoms with van der Waals surface area (Å²) in [6, 6.07) is 5.20. The van der Waals surface area contributed by atoms with Gasteiger partial charge in [-0.1, -0.05) is 29.8 Å². The molecule has 2 rings (SSSR count). The van der Waals surface area contributed by atoms with Crippen molar-refractivity contribution in [1.29, 1.82) is 0 Å². The minimum atomic E-state index is -0.308. The molecule has 2 nitrogen and oxygen atoms in total. The molecular formula is C13H17BrFNO. The van der Waals surface area contributed by atoms with Crippen LogP contribution in [-0.4, -0.2) is 19.2 Å². The number of hydrogen-bond donors (Lipinski definition) is 1. The number of nitrogens with one attached hydrogen (secondary N) is 1. The molecule has 0 saturated heterocycles. The Hall–Kier alpha value is -0.610. The van der Waals surface area contributed by atoms with Gasteiger partial charge in [-0.15, -0.1) is 0 Å². The molecule has 1 N–H and O–H groups in total. The average molecular weight is 302 g/mol. The molecule has 1 saturated carbocycles. The first kappa shape index (κ1) is 12.8. The second-order valence-electron chi connectivity index (χ2n) is 5.08. The van der Waals surface area contributed by atoms with Gasteiger partial charge in [-0.3, -0.25) is 0 Å². The Morgan fingerprint density at radius 2 is 2.18 bits per heavy atom. The van der Waals surface area contributed by atoms with Crippen molar-refractivity contribution < 1.29 is 9.13 Å². The molecule has 2 atom stereocenters. The first-order valence-electron chi connectivity index (χ1n) is 5.74. The monoisotopic (exact) mass is 301 g/mol. The zero-order chi connectivity index (χ0) is 12.6. The maximum Gasteiger partial charge on any atom is 0.165 e. The molecule has 0 aromatic heterocycles. The van der Waals surface area contributed by atoms with Crippen LogP contribution in [0.25, 0.3) is 0 Å². The Bertz CT molecular complexity index is 422. The van der Waals surface area contributed by atoms with Crippen LogP contribution in [0.15, 0.2) is 22.7 Å². The Kier molecular flexibility index (Phi) is 3.46. The van der Waals surface area contributed by atoms with Gasteiger partial charge in [0.15, 0.2) is 11.6 Å². The predicted molar refractivity (Wildman–Crippen MR) is 69.8 cm³/mol. The molecule has 0 aliphatic heterocycles. The second-order valence-corrected chi connectivity index (χ2v) is 6.00. The van der Waals surface area contributed by atoms with E-state index in [0.717, 1.165) is 10.9 Å². The molecular weight excluding hydrogens is 285 g/mol. The van der Waals surface area contributed by atoms with E-state index in [1.165, 1.54) is 6.07 Å². The normalized spacial score (nSPS) is 26.4. The van der Waals surface area contributed by atoms with Crippen LogP contribution in [0.2, 0.25) is 0 Å². The van der Waals surface area contributed by atoms with Gasteiger partial charge in [0.05, 0.1) is 0 Å². The summed E-state index contributed by atoms with van der Waals surface area (Å²) in [7, 11) is 1.95. The number of halogens is 2. The predicted octanol–water partition coefficient (Wildman–Crippen LogP) is 3.35. The lowest BCUT2D eigenvalue weighted by Gasteiger charge is -2.51. The number of ether oxygens (including phenoxy) is 1. The molecule has 94 valence electrons. The van der Waals surface area contributed by atoms with Gasteiger partial charge in [0.1, 0.15) is 6.10 Å². The largest absolute Gasteiger partial charge is 0.487 e. The van der Waals surface area contributed by atoms with Crippen molar-refractivity contribution in [2.24, 2.45) is 5.41 Å². The van der Waals surface area contributed by atoms with E-state index in [-0.39, 0.29) is 17.3 Å². The van der Waals surface area contributed by atoms with Crippen LogP contribution >= 0.6 is 15.9 Å². The Balaban J connectivity index is 2.10. The van der Waals surface area contributed by atoms with E-state index >= 15 is 0 Å². The molecule has 0 spiro atoms. The van der Waals surface area contributed by atoms with Crippen LogP contribution in [0.5, 0.6) is 5.75 Å². The van der Waals surface area contributed by atoms with Crippen molar-refractivity contribution in [3.63, 3.8) is 0 Å². The Morgan fingerprint density at radius 3 is 2.76 bits per heavy atom. The second kappa shape index (κ2) is 4.58. The number of benzene rings is 1. The summed E-state index contributed by atoms with van der Waals surface area (Å²) in [5, 5.41) is 3.25. The maximum absolute atomic E-state index is 13.6. The van der Waals surface area contributed by atoms with E-state index in [0.29, 0.717) is 11.8 Å². The van der Waals surface area contributed by atoms with Crippen molar-refractivity contribution in [2.45, 2.75) is 32.4 Å². The van der Waals surface area contributed by atoms with Gasteiger partial charge >= 0.3 is 0 Å². The van der Waals surface area contributed by atoms with Crippen molar-refractivity contribution in [3.8, 4) is 5.75 Å². The van der Waals surface area contributed by atoms with E-state index in [1.807, 2.05) is 7.05 Å². The number of hydrogen-bond acceptors (Lipinski definition) is 2. The third-order valence-corrected chi connectivity index (χ3v) is 4.18. The molecule has 0 bridgehead atoms. The van der Waals surface area contributed by atoms with Crippen LogP contribution in [0.3, 0.4) is 0 Å². The van der Waals surface area contributed by atoms with Crippen LogP contribution in [0, 0.1) is 11.2 Å². The molecule has 4 heteroatoms. The number of rotatable bonds is 3. The van der Waals surface area contributed by atoms with Gasteiger partial charge in [0.2, 0.25) is 0 Å². The SMILES string of the molecule is CNC1CC(Oc2cc(Br)ccc2F)C1(C)C. The summed E-state index contributed by atoms with van der Waals surface area (Å²) in [5.41, 5.74) is 0.0313. The zero-order valence-electron chi connectivity index (χ0n) is 10.3. The fraction of sp³-hybridized carbons (Fsp3) is 0.538. The molecule has 0 heterocycles. The van der Waals surface area contributed by atoms with Crippen molar-refractivity contribution in [1.82, 2.24) is 5.32 Å². The van der Waals surface area contributed by atoms with Crippen LogP contribution in [0.1, 0.15) is 20.3 Å². The lowest BCUT2D eigenvalue weighted by Crippen LogP contribution is -2.61. The van der Waals surface area contributed by atoms with Gasteiger partial charge in [-0.05, 0) is 25.2 Å². The summed E-state index contributed by atoms with van der Waals surface area (Å²) in [4.78, 5) is 0. The molecule has 2 unspecified atom stereocenters. The van der Waals surface area contributed by atoms with E-state index in [2.05, 4.69) is 35.1 Å². The highest BCUT2D eigenvalue weighted by molar-refractivity contribution is 9.10. The lowest BCUT2D eigenvalue weighted by atomic mass is 9.64. The lowest BCUT2D eigenvalue weighted by molar-refractivity contribution is -0.0538. The maximum atomic E-state index is 13.6. The summed E-state index contributed by atoms with van der Waals surface area (Å²) in [5.74, 6) is 0.0175. The van der Waals surface area contributed by atoms with Gasteiger partial charge < -0.3 is 10.1 Å². The summed E-state index contributed by atoms with van der Waals surface area (Å²) in [6.45, 7) is 4.27. The summed E-state index contributed by atoms with van der Waals surface area (Å²) >= 11 is 3.32. The molecule has 0 amide bonds. The van der Waals surface area contributed by atoms with Gasteiger partial charge in [0.25, 0.3) is 0 Å². The molecule has 1 aromatic rings. The van der Waals surface area contributed by atoms with Gasteiger partial charge in [-0.25, -0.2) is 4.39 Å². The highest BCUT2D eigenvalue weighted by atomic mass is 79.9. The van der Waals surface area contributed by atoms with Crippen molar-refractivity contribution in [3.05, 3.63) is 28.5 Å². The van der Waals surface area contributed by atoms with E-state index < -0.39 is 0 Å². The highest BCUT2D eigenvalue weighted by Gasteiger charge is 2.49. The molecule has 17 heavy (non-hydrogen) atoms. The van der Waals surface area contributed by atoms with Crippen molar-refractivity contribution in [2.75, 3.05) is 7.05 Å². The fourth-order valence-corrected chi connectivity index (χ4v) is 2.64. The van der Waals surface area contributed by atoms with Gasteiger partial charge in [0, 0.05) is 22.4 Å². The third-order valence-electron chi connectivity index (χ3n) is 3.69. The molecule has 1 aliphatic carbocycles. The Labute approximate surface area is 110 Å². The van der Waals surface area contributed by atoms with Gasteiger partial charge in [-0.2, -0.15) is 0 Å². The zero-order valence-corrected chi connectivity index (χ0v) is 11.8. The summed E-state index contributed by atoms with van der Waals surface area (Å²) in [6.07, 6.45) is 0.971. The minimum Gasteiger partial charge on any atom is -0.487 e. The molecule has 1 fully saturated rings. The summed E-state index contributed by atoms with van der Waals surface area (Å²) < 4.78 is 20.2. The van der Waals surface area contributed by atoms with E-state index in [9.17, 15) is 4.39 Å². The van der Waals surface area contributed by atoms with Crippen LogP contribution in [0.4, 0.5) is 4.39 Å². The van der Waals surface area contributed by atoms with Crippen LogP contribution in [-0.2, 0) is 0 Å². The molecule has 0 radical (unpaired) electrons. The van der Waals surface area contributed by atoms with E-state index in [4.69, 9.17) is 4.74 Å². The van der Waals surface area contributed by atoms with Crippen LogP contribution < -0.4 is 10.1 Å². The Morgan fingerprint density at radius 1 is 1.47 bits per heavy atom. The molecule has 1 aliphatic rings. The quantitative estimate of drug-likeness (QED) is 0.924. The molecule has 1 aromatic carbocycles. The minimum absolute atomic E-state index is 0.0313.